The largest absolute Gasteiger partial charge is 0.384 e. The molecule has 4 nitrogen and oxygen atoms in total. The topological polar surface area (TPSA) is 59.2 Å². The number of likely N-dealkylation sites (tertiary alicyclic amines) is 1. The molecule has 108 valence electrons. The molecule has 3 rings (SSSR count). The number of benzene rings is 1. The molecular weight excluding hydrogens is 262 g/mol. The number of nitrogens with zero attached hydrogens (tertiary/aromatic N) is 2. The van der Waals surface area contributed by atoms with Crippen molar-refractivity contribution >= 4 is 11.7 Å². The molecule has 1 fully saturated rings. The van der Waals surface area contributed by atoms with Crippen molar-refractivity contribution < 1.29 is 4.79 Å². The SMILES string of the molecule is Cc1cc(N)ncc1C1CCCN1C(=O)c1ccccc1. The Bertz CT molecular complexity index is 654. The number of hydrogen-bond donors (Lipinski definition) is 1. The van der Waals surface area contributed by atoms with Gasteiger partial charge in [0.2, 0.25) is 0 Å². The van der Waals surface area contributed by atoms with Crippen LogP contribution < -0.4 is 5.73 Å². The maximum absolute atomic E-state index is 12.7. The van der Waals surface area contributed by atoms with Gasteiger partial charge < -0.3 is 10.6 Å². The van der Waals surface area contributed by atoms with Crippen molar-refractivity contribution in [2.24, 2.45) is 0 Å². The fraction of sp³-hybridized carbons (Fsp3) is 0.294. The number of hydrogen-bond acceptors (Lipinski definition) is 3. The molecule has 1 aromatic heterocycles. The second-order valence-electron chi connectivity index (χ2n) is 5.49. The van der Waals surface area contributed by atoms with Crippen molar-refractivity contribution in [3.05, 3.63) is 59.3 Å². The van der Waals surface area contributed by atoms with Gasteiger partial charge in [-0.2, -0.15) is 0 Å². The van der Waals surface area contributed by atoms with Crippen LogP contribution in [0, 0.1) is 6.92 Å². The van der Waals surface area contributed by atoms with Gasteiger partial charge in [0.1, 0.15) is 5.82 Å². The van der Waals surface area contributed by atoms with E-state index in [2.05, 4.69) is 4.98 Å². The lowest BCUT2D eigenvalue weighted by molar-refractivity contribution is 0.0735. The summed E-state index contributed by atoms with van der Waals surface area (Å²) in [6.45, 7) is 2.82. The summed E-state index contributed by atoms with van der Waals surface area (Å²) >= 11 is 0. The van der Waals surface area contributed by atoms with E-state index in [0.29, 0.717) is 5.82 Å². The number of carbonyl (C=O) groups is 1. The Kier molecular flexibility index (Phi) is 3.60. The smallest absolute Gasteiger partial charge is 0.254 e. The van der Waals surface area contributed by atoms with E-state index >= 15 is 0 Å². The Morgan fingerprint density at radius 1 is 1.33 bits per heavy atom. The lowest BCUT2D eigenvalue weighted by Gasteiger charge is -2.26. The molecule has 0 spiro atoms. The molecule has 1 aromatic carbocycles. The van der Waals surface area contributed by atoms with E-state index in [0.717, 1.165) is 36.1 Å². The normalized spacial score (nSPS) is 18.0. The molecule has 2 heterocycles. The van der Waals surface area contributed by atoms with Gasteiger partial charge in [0.05, 0.1) is 6.04 Å². The van der Waals surface area contributed by atoms with Crippen molar-refractivity contribution in [1.82, 2.24) is 9.88 Å². The Morgan fingerprint density at radius 3 is 2.81 bits per heavy atom. The fourth-order valence-corrected chi connectivity index (χ4v) is 3.02. The number of rotatable bonds is 2. The van der Waals surface area contributed by atoms with Crippen LogP contribution in [0.2, 0.25) is 0 Å². The number of aryl methyl sites for hydroxylation is 1. The van der Waals surface area contributed by atoms with Crippen LogP contribution in [0.5, 0.6) is 0 Å². The number of nitrogen functional groups attached to an aromatic ring is 1. The maximum Gasteiger partial charge on any atom is 0.254 e. The second-order valence-corrected chi connectivity index (χ2v) is 5.49. The van der Waals surface area contributed by atoms with Crippen LogP contribution in [0.4, 0.5) is 5.82 Å². The molecule has 21 heavy (non-hydrogen) atoms. The Morgan fingerprint density at radius 2 is 2.10 bits per heavy atom. The van der Waals surface area contributed by atoms with Crippen molar-refractivity contribution in [2.45, 2.75) is 25.8 Å². The molecule has 1 amide bonds. The van der Waals surface area contributed by atoms with E-state index < -0.39 is 0 Å². The molecule has 1 saturated heterocycles. The molecule has 4 heteroatoms. The first kappa shape index (κ1) is 13.6. The third kappa shape index (κ3) is 2.61. The minimum Gasteiger partial charge on any atom is -0.384 e. The minimum absolute atomic E-state index is 0.0920. The highest BCUT2D eigenvalue weighted by molar-refractivity contribution is 5.94. The standard InChI is InChI=1S/C17H19N3O/c1-12-10-16(18)19-11-14(12)15-8-5-9-20(15)17(21)13-6-3-2-4-7-13/h2-4,6-7,10-11,15H,5,8-9H2,1H3,(H2,18,19). The van der Waals surface area contributed by atoms with Gasteiger partial charge >= 0.3 is 0 Å². The van der Waals surface area contributed by atoms with Crippen LogP contribution in [-0.2, 0) is 0 Å². The molecule has 0 aliphatic carbocycles. The van der Waals surface area contributed by atoms with Crippen LogP contribution in [0.25, 0.3) is 0 Å². The molecule has 1 unspecified atom stereocenters. The summed E-state index contributed by atoms with van der Waals surface area (Å²) in [5.41, 5.74) is 8.66. The molecule has 1 aliphatic heterocycles. The number of aromatic nitrogens is 1. The van der Waals surface area contributed by atoms with Gasteiger partial charge in [0, 0.05) is 18.3 Å². The van der Waals surface area contributed by atoms with E-state index in [1.807, 2.05) is 54.4 Å². The van der Waals surface area contributed by atoms with Crippen molar-refractivity contribution in [1.29, 1.82) is 0 Å². The third-order valence-corrected chi connectivity index (χ3v) is 4.07. The minimum atomic E-state index is 0.0920. The summed E-state index contributed by atoms with van der Waals surface area (Å²) in [5.74, 6) is 0.615. The van der Waals surface area contributed by atoms with Crippen LogP contribution in [0.3, 0.4) is 0 Å². The Hall–Kier alpha value is -2.36. The third-order valence-electron chi connectivity index (χ3n) is 4.07. The molecule has 0 radical (unpaired) electrons. The highest BCUT2D eigenvalue weighted by Crippen LogP contribution is 2.34. The number of carbonyl (C=O) groups excluding carboxylic acids is 1. The van der Waals surface area contributed by atoms with Crippen LogP contribution in [0.1, 0.15) is 40.4 Å². The molecular formula is C17H19N3O. The van der Waals surface area contributed by atoms with E-state index in [4.69, 9.17) is 5.73 Å². The highest BCUT2D eigenvalue weighted by Gasteiger charge is 2.31. The van der Waals surface area contributed by atoms with Gasteiger partial charge in [-0.15, -0.1) is 0 Å². The predicted octanol–water partition coefficient (Wildman–Crippen LogP) is 2.95. The van der Waals surface area contributed by atoms with Gasteiger partial charge in [-0.25, -0.2) is 4.98 Å². The number of nitrogens with two attached hydrogens (primary N) is 1. The average Bonchev–Trinajstić information content (AvgIpc) is 2.96. The Balaban J connectivity index is 1.91. The van der Waals surface area contributed by atoms with Crippen molar-refractivity contribution in [2.75, 3.05) is 12.3 Å². The monoisotopic (exact) mass is 281 g/mol. The van der Waals surface area contributed by atoms with Gasteiger partial charge in [-0.3, -0.25) is 4.79 Å². The molecule has 2 aromatic rings. The summed E-state index contributed by atoms with van der Waals surface area (Å²) < 4.78 is 0. The van der Waals surface area contributed by atoms with Crippen LogP contribution >= 0.6 is 0 Å². The van der Waals surface area contributed by atoms with Crippen LogP contribution in [-0.4, -0.2) is 22.3 Å². The van der Waals surface area contributed by atoms with Gasteiger partial charge in [-0.1, -0.05) is 18.2 Å². The second kappa shape index (κ2) is 5.56. The number of pyridine rings is 1. The first-order chi connectivity index (χ1) is 10.2. The van der Waals surface area contributed by atoms with Crippen molar-refractivity contribution in [3.8, 4) is 0 Å². The summed E-state index contributed by atoms with van der Waals surface area (Å²) in [4.78, 5) is 18.8. The van der Waals surface area contributed by atoms with Gasteiger partial charge in [0.25, 0.3) is 5.91 Å². The van der Waals surface area contributed by atoms with Crippen LogP contribution in [0.15, 0.2) is 42.6 Å². The molecule has 1 atom stereocenters. The number of amides is 1. The molecule has 0 bridgehead atoms. The summed E-state index contributed by atoms with van der Waals surface area (Å²) in [6, 6.07) is 11.4. The average molecular weight is 281 g/mol. The Labute approximate surface area is 124 Å². The molecule has 2 N–H and O–H groups in total. The van der Waals surface area contributed by atoms with Gasteiger partial charge in [-0.05, 0) is 49.1 Å². The molecule has 0 saturated carbocycles. The zero-order valence-electron chi connectivity index (χ0n) is 12.1. The summed E-state index contributed by atoms with van der Waals surface area (Å²) in [6.07, 6.45) is 3.81. The first-order valence-corrected chi connectivity index (χ1v) is 7.25. The van der Waals surface area contributed by atoms with E-state index in [1.165, 1.54) is 0 Å². The van der Waals surface area contributed by atoms with E-state index in [1.54, 1.807) is 0 Å². The zero-order chi connectivity index (χ0) is 14.8. The van der Waals surface area contributed by atoms with Gasteiger partial charge in [0.15, 0.2) is 0 Å². The predicted molar refractivity (Wildman–Crippen MR) is 82.8 cm³/mol. The number of anilines is 1. The summed E-state index contributed by atoms with van der Waals surface area (Å²) in [5, 5.41) is 0. The quantitative estimate of drug-likeness (QED) is 0.920. The first-order valence-electron chi connectivity index (χ1n) is 7.25. The molecule has 1 aliphatic rings. The van der Waals surface area contributed by atoms with Crippen molar-refractivity contribution in [3.63, 3.8) is 0 Å². The fourth-order valence-electron chi connectivity index (χ4n) is 3.02. The summed E-state index contributed by atoms with van der Waals surface area (Å²) in [7, 11) is 0. The zero-order valence-corrected chi connectivity index (χ0v) is 12.1. The lowest BCUT2D eigenvalue weighted by Crippen LogP contribution is -2.31. The highest BCUT2D eigenvalue weighted by atomic mass is 16.2. The lowest BCUT2D eigenvalue weighted by atomic mass is 10.0. The van der Waals surface area contributed by atoms with E-state index in [-0.39, 0.29) is 11.9 Å². The van der Waals surface area contributed by atoms with E-state index in [9.17, 15) is 4.79 Å². The maximum atomic E-state index is 12.7.